The molecule has 3 aromatic heterocycles. The third-order valence-corrected chi connectivity index (χ3v) is 5.47. The lowest BCUT2D eigenvalue weighted by atomic mass is 10.1. The average molecular weight is 415 g/mol. The number of morpholine rings is 1. The molecule has 31 heavy (non-hydrogen) atoms. The number of rotatable bonds is 6. The topological polar surface area (TPSA) is 67.5 Å². The molecule has 0 unspecified atom stereocenters. The summed E-state index contributed by atoms with van der Waals surface area (Å²) in [6.07, 6.45) is 3.54. The number of ether oxygens (including phenoxy) is 1. The fraction of sp³-hybridized carbons (Fsp3) is 0.292. The molecule has 5 rings (SSSR count). The van der Waals surface area contributed by atoms with Gasteiger partial charge < -0.3 is 14.2 Å². The smallest absolute Gasteiger partial charge is 0.151 e. The minimum atomic E-state index is 0.655. The van der Waals surface area contributed by atoms with Gasteiger partial charge in [0, 0.05) is 54.6 Å². The highest BCUT2D eigenvalue weighted by Crippen LogP contribution is 2.26. The number of nitrogens with zero attached hydrogens (tertiary/aromatic N) is 5. The quantitative estimate of drug-likeness (QED) is 0.475. The van der Waals surface area contributed by atoms with Gasteiger partial charge in [0.2, 0.25) is 0 Å². The zero-order valence-corrected chi connectivity index (χ0v) is 17.6. The van der Waals surface area contributed by atoms with Gasteiger partial charge >= 0.3 is 0 Å². The number of aromatic nitrogens is 3. The lowest BCUT2D eigenvalue weighted by molar-refractivity contribution is 0.122. The molecular weight excluding hydrogens is 390 g/mol. The van der Waals surface area contributed by atoms with Crippen molar-refractivity contribution in [1.29, 1.82) is 0 Å². The molecule has 0 N–H and O–H groups in total. The highest BCUT2D eigenvalue weighted by Gasteiger charge is 2.19. The summed E-state index contributed by atoms with van der Waals surface area (Å²) in [5.74, 6) is 1.87. The molecule has 4 heterocycles. The van der Waals surface area contributed by atoms with Crippen LogP contribution in [0.15, 0.2) is 65.4 Å². The Bertz CT molecular complexity index is 1160. The van der Waals surface area contributed by atoms with Crippen LogP contribution in [0.25, 0.3) is 22.2 Å². The van der Waals surface area contributed by atoms with Crippen LogP contribution in [0.3, 0.4) is 0 Å². The third-order valence-electron chi connectivity index (χ3n) is 5.47. The SMILES string of the molecule is CN(Cc1cc(-c2cccnc2)no1)Cc1cc2ccccc2nc1N1CCOCC1. The average Bonchev–Trinajstić information content (AvgIpc) is 3.28. The van der Waals surface area contributed by atoms with E-state index in [9.17, 15) is 0 Å². The molecule has 0 bridgehead atoms. The van der Waals surface area contributed by atoms with Crippen molar-refractivity contribution in [2.24, 2.45) is 0 Å². The molecule has 1 aliphatic heterocycles. The van der Waals surface area contributed by atoms with Crippen molar-refractivity contribution in [3.8, 4) is 11.3 Å². The first-order valence-corrected chi connectivity index (χ1v) is 10.5. The Labute approximate surface area is 181 Å². The third kappa shape index (κ3) is 4.42. The monoisotopic (exact) mass is 415 g/mol. The van der Waals surface area contributed by atoms with Gasteiger partial charge in [-0.1, -0.05) is 23.4 Å². The molecule has 0 atom stereocenters. The first-order valence-electron chi connectivity index (χ1n) is 10.5. The van der Waals surface area contributed by atoms with E-state index in [1.165, 1.54) is 5.56 Å². The van der Waals surface area contributed by atoms with Crippen molar-refractivity contribution in [3.63, 3.8) is 0 Å². The Morgan fingerprint density at radius 2 is 1.90 bits per heavy atom. The molecule has 0 saturated carbocycles. The van der Waals surface area contributed by atoms with Crippen molar-refractivity contribution >= 4 is 16.7 Å². The molecular formula is C24H25N5O2. The molecule has 1 saturated heterocycles. The van der Waals surface area contributed by atoms with Gasteiger partial charge in [0.15, 0.2) is 5.76 Å². The lowest BCUT2D eigenvalue weighted by Gasteiger charge is -2.30. The van der Waals surface area contributed by atoms with E-state index in [0.717, 1.165) is 66.6 Å². The van der Waals surface area contributed by atoms with Crippen molar-refractivity contribution in [1.82, 2.24) is 20.0 Å². The van der Waals surface area contributed by atoms with Crippen LogP contribution >= 0.6 is 0 Å². The number of hydrogen-bond acceptors (Lipinski definition) is 7. The first-order chi connectivity index (χ1) is 15.3. The van der Waals surface area contributed by atoms with Gasteiger partial charge in [-0.3, -0.25) is 9.88 Å². The number of anilines is 1. The van der Waals surface area contributed by atoms with Crippen molar-refractivity contribution in [2.75, 3.05) is 38.3 Å². The highest BCUT2D eigenvalue weighted by molar-refractivity contribution is 5.81. The van der Waals surface area contributed by atoms with Gasteiger partial charge in [-0.25, -0.2) is 4.98 Å². The maximum atomic E-state index is 5.58. The van der Waals surface area contributed by atoms with E-state index in [0.29, 0.717) is 6.54 Å². The Morgan fingerprint density at radius 1 is 1.03 bits per heavy atom. The van der Waals surface area contributed by atoms with Gasteiger partial charge in [0.1, 0.15) is 11.5 Å². The van der Waals surface area contributed by atoms with Crippen LogP contribution < -0.4 is 4.90 Å². The van der Waals surface area contributed by atoms with Crippen molar-refractivity contribution in [3.05, 3.63) is 72.2 Å². The van der Waals surface area contributed by atoms with Crippen molar-refractivity contribution < 1.29 is 9.26 Å². The minimum Gasteiger partial charge on any atom is -0.378 e. The van der Waals surface area contributed by atoms with Crippen LogP contribution in [-0.4, -0.2) is 53.4 Å². The van der Waals surface area contributed by atoms with Crippen LogP contribution in [0, 0.1) is 0 Å². The molecule has 0 amide bonds. The van der Waals surface area contributed by atoms with E-state index >= 15 is 0 Å². The summed E-state index contributed by atoms with van der Waals surface area (Å²) in [6, 6.07) is 16.4. The minimum absolute atomic E-state index is 0.655. The fourth-order valence-corrected chi connectivity index (χ4v) is 3.97. The van der Waals surface area contributed by atoms with E-state index < -0.39 is 0 Å². The van der Waals surface area contributed by atoms with E-state index in [1.807, 2.05) is 24.3 Å². The Balaban J connectivity index is 1.37. The zero-order valence-electron chi connectivity index (χ0n) is 17.6. The van der Waals surface area contributed by atoms with E-state index in [4.69, 9.17) is 14.2 Å². The largest absolute Gasteiger partial charge is 0.378 e. The summed E-state index contributed by atoms with van der Waals surface area (Å²) in [7, 11) is 2.09. The van der Waals surface area contributed by atoms with Gasteiger partial charge in [0.25, 0.3) is 0 Å². The Hall–Kier alpha value is -3.29. The van der Waals surface area contributed by atoms with E-state index in [1.54, 1.807) is 12.4 Å². The Kier molecular flexibility index (Phi) is 5.60. The van der Waals surface area contributed by atoms with E-state index in [2.05, 4.69) is 51.3 Å². The number of pyridine rings is 2. The standard InChI is InChI=1S/C24H25N5O2/c1-28(17-21-14-23(27-31-21)19-6-4-8-25-15-19)16-20-13-18-5-2-3-7-22(18)26-24(20)29-9-11-30-12-10-29/h2-8,13-15H,9-12,16-17H2,1H3. The molecule has 7 nitrogen and oxygen atoms in total. The number of para-hydroxylation sites is 1. The second-order valence-corrected chi connectivity index (χ2v) is 7.86. The molecule has 1 aliphatic rings. The van der Waals surface area contributed by atoms with Crippen LogP contribution in [0.4, 0.5) is 5.82 Å². The summed E-state index contributed by atoms with van der Waals surface area (Å²) >= 11 is 0. The second kappa shape index (κ2) is 8.83. The number of fused-ring (bicyclic) bond motifs is 1. The molecule has 7 heteroatoms. The molecule has 0 aliphatic carbocycles. The number of hydrogen-bond donors (Lipinski definition) is 0. The number of benzene rings is 1. The maximum absolute atomic E-state index is 5.58. The molecule has 0 spiro atoms. The van der Waals surface area contributed by atoms with Gasteiger partial charge in [-0.2, -0.15) is 0 Å². The fourth-order valence-electron chi connectivity index (χ4n) is 3.97. The zero-order chi connectivity index (χ0) is 21.0. The summed E-state index contributed by atoms with van der Waals surface area (Å²) in [5, 5.41) is 5.36. The van der Waals surface area contributed by atoms with Gasteiger partial charge in [-0.05, 0) is 31.3 Å². The predicted octanol–water partition coefficient (Wildman–Crippen LogP) is 3.75. The van der Waals surface area contributed by atoms with Crippen LogP contribution in [0.5, 0.6) is 0 Å². The molecule has 4 aromatic rings. The summed E-state index contributed by atoms with van der Waals surface area (Å²) in [5.41, 5.74) is 3.98. The summed E-state index contributed by atoms with van der Waals surface area (Å²) < 4.78 is 11.1. The summed E-state index contributed by atoms with van der Waals surface area (Å²) in [4.78, 5) is 13.7. The molecule has 0 radical (unpaired) electrons. The molecule has 1 aromatic carbocycles. The van der Waals surface area contributed by atoms with Crippen LogP contribution in [-0.2, 0) is 17.8 Å². The van der Waals surface area contributed by atoms with Crippen molar-refractivity contribution in [2.45, 2.75) is 13.1 Å². The predicted molar refractivity (Wildman–Crippen MR) is 120 cm³/mol. The van der Waals surface area contributed by atoms with Crippen LogP contribution in [0.2, 0.25) is 0 Å². The second-order valence-electron chi connectivity index (χ2n) is 7.86. The normalized spacial score (nSPS) is 14.5. The Morgan fingerprint density at radius 3 is 2.74 bits per heavy atom. The molecule has 158 valence electrons. The van der Waals surface area contributed by atoms with Crippen LogP contribution in [0.1, 0.15) is 11.3 Å². The van der Waals surface area contributed by atoms with E-state index in [-0.39, 0.29) is 0 Å². The lowest BCUT2D eigenvalue weighted by Crippen LogP contribution is -2.37. The van der Waals surface area contributed by atoms with Gasteiger partial charge in [-0.15, -0.1) is 0 Å². The summed E-state index contributed by atoms with van der Waals surface area (Å²) in [6.45, 7) is 4.60. The first kappa shape index (κ1) is 19.7. The molecule has 1 fully saturated rings. The van der Waals surface area contributed by atoms with Gasteiger partial charge in [0.05, 0.1) is 25.3 Å². The maximum Gasteiger partial charge on any atom is 0.151 e. The highest BCUT2D eigenvalue weighted by atomic mass is 16.5.